The van der Waals surface area contributed by atoms with Gasteiger partial charge < -0.3 is 21.1 Å². The summed E-state index contributed by atoms with van der Waals surface area (Å²) in [6.07, 6.45) is 4.74. The molecule has 0 radical (unpaired) electrons. The summed E-state index contributed by atoms with van der Waals surface area (Å²) in [4.78, 5) is 47.1. The Hall–Kier alpha value is -2.12. The molecule has 24 heavy (non-hydrogen) atoms. The van der Waals surface area contributed by atoms with Crippen molar-refractivity contribution < 1.29 is 24.3 Å². The summed E-state index contributed by atoms with van der Waals surface area (Å²) in [5.74, 6) is -2.30. The number of rotatable bonds is 1. The first-order valence-electron chi connectivity index (χ1n) is 8.44. The Kier molecular flexibility index (Phi) is 8.21. The number of carbonyl (C=O) groups is 4. The van der Waals surface area contributed by atoms with E-state index in [0.717, 1.165) is 25.7 Å². The lowest BCUT2D eigenvalue weighted by Crippen LogP contribution is -2.54. The molecule has 1 rings (SSSR count). The Morgan fingerprint density at radius 1 is 0.875 bits per heavy atom. The largest absolute Gasteiger partial charge is 0.480 e. The number of carboxylic acid groups (broad SMARTS) is 1. The summed E-state index contributed by atoms with van der Waals surface area (Å²) in [5.41, 5.74) is 0. The number of hydrogen-bond donors (Lipinski definition) is 4. The fourth-order valence-electron chi connectivity index (χ4n) is 2.50. The number of aliphatic carboxylic acids is 1. The van der Waals surface area contributed by atoms with Gasteiger partial charge in [-0.3, -0.25) is 14.4 Å². The second-order valence-corrected chi connectivity index (χ2v) is 6.23. The van der Waals surface area contributed by atoms with Crippen LogP contribution in [0.15, 0.2) is 0 Å². The van der Waals surface area contributed by atoms with Crippen LogP contribution in [0.2, 0.25) is 0 Å². The van der Waals surface area contributed by atoms with E-state index in [1.807, 2.05) is 0 Å². The van der Waals surface area contributed by atoms with Gasteiger partial charge in [0.2, 0.25) is 17.7 Å². The molecule has 1 aliphatic rings. The summed E-state index contributed by atoms with van der Waals surface area (Å²) in [5, 5.41) is 16.7. The molecule has 1 saturated heterocycles. The van der Waals surface area contributed by atoms with Gasteiger partial charge in [0.15, 0.2) is 0 Å². The minimum absolute atomic E-state index is 0.187. The van der Waals surface area contributed by atoms with E-state index in [9.17, 15) is 24.3 Å². The van der Waals surface area contributed by atoms with Crippen LogP contribution in [0.1, 0.15) is 58.8 Å². The molecule has 136 valence electrons. The van der Waals surface area contributed by atoms with Gasteiger partial charge in [-0.05, 0) is 26.7 Å². The predicted molar refractivity (Wildman–Crippen MR) is 87.1 cm³/mol. The summed E-state index contributed by atoms with van der Waals surface area (Å²) in [6.45, 7) is 3.02. The van der Waals surface area contributed by atoms with E-state index in [1.165, 1.54) is 6.92 Å². The van der Waals surface area contributed by atoms with Gasteiger partial charge in [-0.25, -0.2) is 4.79 Å². The van der Waals surface area contributed by atoms with Gasteiger partial charge in [0, 0.05) is 6.42 Å². The molecule has 0 bridgehead atoms. The molecule has 4 N–H and O–H groups in total. The van der Waals surface area contributed by atoms with E-state index >= 15 is 0 Å². The molecule has 0 aromatic rings. The molecule has 0 aromatic carbocycles. The normalized spacial score (nSPS) is 28.4. The van der Waals surface area contributed by atoms with Crippen molar-refractivity contribution >= 4 is 23.7 Å². The first-order valence-corrected chi connectivity index (χ1v) is 8.44. The maximum atomic E-state index is 12.1. The summed E-state index contributed by atoms with van der Waals surface area (Å²) < 4.78 is 0. The van der Waals surface area contributed by atoms with E-state index < -0.39 is 35.9 Å². The third-order valence-corrected chi connectivity index (χ3v) is 4.03. The van der Waals surface area contributed by atoms with Crippen molar-refractivity contribution in [3.63, 3.8) is 0 Å². The number of carboxylic acids is 1. The number of hydrogen-bond acceptors (Lipinski definition) is 4. The van der Waals surface area contributed by atoms with Gasteiger partial charge in [-0.2, -0.15) is 0 Å². The van der Waals surface area contributed by atoms with Gasteiger partial charge in [0.05, 0.1) is 0 Å². The van der Waals surface area contributed by atoms with Gasteiger partial charge >= 0.3 is 5.97 Å². The maximum absolute atomic E-state index is 12.1. The van der Waals surface area contributed by atoms with Crippen LogP contribution < -0.4 is 16.0 Å². The molecular weight excluding hydrogens is 314 g/mol. The Balaban J connectivity index is 2.74. The highest BCUT2D eigenvalue weighted by atomic mass is 16.4. The molecule has 0 spiro atoms. The fourth-order valence-corrected chi connectivity index (χ4v) is 2.50. The Bertz CT molecular complexity index is 480. The van der Waals surface area contributed by atoms with Gasteiger partial charge in [0.1, 0.15) is 18.1 Å². The minimum atomic E-state index is -1.08. The molecular formula is C16H27N3O5. The summed E-state index contributed by atoms with van der Waals surface area (Å²) >= 11 is 0. The zero-order valence-corrected chi connectivity index (χ0v) is 14.3. The monoisotopic (exact) mass is 341 g/mol. The highest BCUT2D eigenvalue weighted by Gasteiger charge is 2.25. The Morgan fingerprint density at radius 3 is 2.08 bits per heavy atom. The zero-order chi connectivity index (χ0) is 18.1. The van der Waals surface area contributed by atoms with E-state index in [0.29, 0.717) is 19.3 Å². The van der Waals surface area contributed by atoms with Crippen molar-refractivity contribution in [2.24, 2.45) is 0 Å². The number of nitrogens with one attached hydrogen (secondary N) is 3. The molecule has 3 atom stereocenters. The number of amides is 3. The van der Waals surface area contributed by atoms with Crippen molar-refractivity contribution in [2.75, 3.05) is 0 Å². The van der Waals surface area contributed by atoms with Crippen LogP contribution in [0, 0.1) is 0 Å². The SMILES string of the molecule is C[C@@H]1NC(=O)CCCCCCCC(C(=O)O)NC(=O)[C@H](C)NC1=O. The first kappa shape index (κ1) is 19.9. The second-order valence-electron chi connectivity index (χ2n) is 6.23. The van der Waals surface area contributed by atoms with E-state index in [1.54, 1.807) is 6.92 Å². The highest BCUT2D eigenvalue weighted by molar-refractivity contribution is 5.92. The van der Waals surface area contributed by atoms with Gasteiger partial charge in [-0.15, -0.1) is 0 Å². The lowest BCUT2D eigenvalue weighted by Gasteiger charge is -2.21. The van der Waals surface area contributed by atoms with E-state index in [4.69, 9.17) is 0 Å². The van der Waals surface area contributed by atoms with Crippen LogP contribution in [-0.2, 0) is 19.2 Å². The minimum Gasteiger partial charge on any atom is -0.480 e. The second kappa shape index (κ2) is 9.89. The molecule has 0 aliphatic carbocycles. The lowest BCUT2D eigenvalue weighted by atomic mass is 10.0. The molecule has 1 fully saturated rings. The highest BCUT2D eigenvalue weighted by Crippen LogP contribution is 2.10. The maximum Gasteiger partial charge on any atom is 0.326 e. The molecule has 1 heterocycles. The third kappa shape index (κ3) is 6.97. The molecule has 8 heteroatoms. The van der Waals surface area contributed by atoms with Crippen molar-refractivity contribution in [1.82, 2.24) is 16.0 Å². The van der Waals surface area contributed by atoms with Crippen LogP contribution in [-0.4, -0.2) is 46.9 Å². The van der Waals surface area contributed by atoms with Crippen molar-refractivity contribution in [2.45, 2.75) is 76.9 Å². The predicted octanol–water partition coefficient (Wildman–Crippen LogP) is 0.310. The fraction of sp³-hybridized carbons (Fsp3) is 0.750. The molecule has 8 nitrogen and oxygen atoms in total. The van der Waals surface area contributed by atoms with Crippen molar-refractivity contribution in [3.8, 4) is 0 Å². The van der Waals surface area contributed by atoms with E-state index in [2.05, 4.69) is 16.0 Å². The van der Waals surface area contributed by atoms with E-state index in [-0.39, 0.29) is 5.91 Å². The smallest absolute Gasteiger partial charge is 0.326 e. The van der Waals surface area contributed by atoms with Crippen LogP contribution in [0.4, 0.5) is 0 Å². The Morgan fingerprint density at radius 2 is 1.42 bits per heavy atom. The average Bonchev–Trinajstić information content (AvgIpc) is 2.51. The Labute approximate surface area is 141 Å². The van der Waals surface area contributed by atoms with Crippen LogP contribution in [0.3, 0.4) is 0 Å². The first-order chi connectivity index (χ1) is 11.3. The quantitative estimate of drug-likeness (QED) is 0.546. The van der Waals surface area contributed by atoms with Crippen LogP contribution in [0.5, 0.6) is 0 Å². The van der Waals surface area contributed by atoms with Crippen molar-refractivity contribution in [1.29, 1.82) is 0 Å². The van der Waals surface area contributed by atoms with Crippen LogP contribution in [0.25, 0.3) is 0 Å². The van der Waals surface area contributed by atoms with Crippen LogP contribution >= 0.6 is 0 Å². The molecule has 1 aliphatic heterocycles. The molecule has 1 unspecified atom stereocenters. The molecule has 3 amide bonds. The zero-order valence-electron chi connectivity index (χ0n) is 14.3. The summed E-state index contributed by atoms with van der Waals surface area (Å²) in [7, 11) is 0. The number of carbonyl (C=O) groups excluding carboxylic acids is 3. The van der Waals surface area contributed by atoms with Gasteiger partial charge in [0.25, 0.3) is 0 Å². The lowest BCUT2D eigenvalue weighted by molar-refractivity contribution is -0.142. The molecule has 0 aromatic heterocycles. The van der Waals surface area contributed by atoms with Crippen molar-refractivity contribution in [3.05, 3.63) is 0 Å². The average molecular weight is 341 g/mol. The standard InChI is InChI=1S/C16H27N3O5/c1-10-14(21)18-11(2)15(22)19-12(16(23)24)8-6-4-3-5-7-9-13(20)17-10/h10-12H,3-9H2,1-2H3,(H,17,20)(H,18,21)(H,19,22)(H,23,24)/t10-,11-,12?/m0/s1. The topological polar surface area (TPSA) is 125 Å². The van der Waals surface area contributed by atoms with Gasteiger partial charge in [-0.1, -0.05) is 25.7 Å². The third-order valence-electron chi connectivity index (χ3n) is 4.03. The molecule has 0 saturated carbocycles. The summed E-state index contributed by atoms with van der Waals surface area (Å²) in [6, 6.07) is -2.59.